The van der Waals surface area contributed by atoms with E-state index in [1.54, 1.807) is 0 Å². The number of esters is 1. The molecular weight excluding hydrogens is 392 g/mol. The number of hydrogen-bond donors (Lipinski definition) is 2. The highest BCUT2D eigenvalue weighted by molar-refractivity contribution is 5.65. The highest BCUT2D eigenvalue weighted by atomic mass is 16.5. The van der Waals surface area contributed by atoms with Gasteiger partial charge in [0.1, 0.15) is 0 Å². The van der Waals surface area contributed by atoms with Gasteiger partial charge in [0.2, 0.25) is 0 Å². The van der Waals surface area contributed by atoms with E-state index in [1.165, 1.54) is 13.3 Å². The van der Waals surface area contributed by atoms with Gasteiger partial charge in [0.15, 0.2) is 0 Å². The van der Waals surface area contributed by atoms with Gasteiger partial charge in [-0.3, -0.25) is 4.79 Å². The second-order valence-corrected chi connectivity index (χ2v) is 5.42. The molecule has 0 bridgehead atoms. The maximum absolute atomic E-state index is 10.3. The lowest BCUT2D eigenvalue weighted by molar-refractivity contribution is -0.414. The molecule has 6 nitrogen and oxygen atoms in total. The molecule has 0 saturated heterocycles. The Morgan fingerprint density at radius 2 is 1.16 bits per heavy atom. The van der Waals surface area contributed by atoms with Crippen LogP contribution in [0, 0.1) is 0 Å². The number of carboxylic acid groups (broad SMARTS) is 1. The summed E-state index contributed by atoms with van der Waals surface area (Å²) in [6.45, 7) is 10.0. The summed E-state index contributed by atoms with van der Waals surface area (Å²) in [5.74, 6) is -1.32. The van der Waals surface area contributed by atoms with E-state index >= 15 is 0 Å². The molecule has 0 spiro atoms. The Balaban J connectivity index is -0.0000000168. The number of carbonyl (C=O) groups is 2. The zero-order chi connectivity index (χ0) is 18.0. The number of ether oxygens (including phenoxy) is 1. The Morgan fingerprint density at radius 1 is 0.839 bits per heavy atom. The summed E-state index contributed by atoms with van der Waals surface area (Å²) in [5.41, 5.74) is 9.05. The zero-order valence-corrected chi connectivity index (χ0v) is 15.0. The van der Waals surface area contributed by atoms with Crippen LogP contribution >= 0.6 is 0 Å². The van der Waals surface area contributed by atoms with Gasteiger partial charge in [0.25, 0.3) is 0 Å². The third kappa shape index (κ3) is 148. The van der Waals surface area contributed by atoms with Crippen LogP contribution in [0.4, 0.5) is 0 Å². The van der Waals surface area contributed by atoms with E-state index < -0.39 is 5.97 Å². The summed E-state index contributed by atoms with van der Waals surface area (Å²) in [5, 5.41) is 9.94. The lowest BCUT2D eigenvalue weighted by atomic mass is 10.2. The fraction of sp³-hybridized carbons (Fsp3) is 0.920. The van der Waals surface area contributed by atoms with E-state index in [1.807, 2.05) is 6.92 Å². The van der Waals surface area contributed by atoms with Gasteiger partial charge in [-0.1, -0.05) is 80.7 Å². The molecule has 31 heavy (non-hydrogen) atoms. The van der Waals surface area contributed by atoms with Gasteiger partial charge in [-0.05, 0) is 52.4 Å². The summed E-state index contributed by atoms with van der Waals surface area (Å²) < 4.78 is 4.65. The average Bonchev–Trinajstić information content (AvgIpc) is 2.43. The SMILES string of the molecule is C.C.C.C.C.C.C.C.C.CC(=O)OCCCCCC(=O)[O-].CCC(C)N.CCC(C)[NH3+]. The first-order chi connectivity index (χ1) is 10.2. The van der Waals surface area contributed by atoms with Crippen LogP contribution < -0.4 is 16.6 Å². The van der Waals surface area contributed by atoms with E-state index in [4.69, 9.17) is 5.73 Å². The number of quaternary nitrogens is 1. The largest absolute Gasteiger partial charge is 0.550 e. The van der Waals surface area contributed by atoms with Crippen LogP contribution in [0.5, 0.6) is 0 Å². The van der Waals surface area contributed by atoms with Gasteiger partial charge in [-0.2, -0.15) is 0 Å². The first kappa shape index (κ1) is 78.0. The maximum Gasteiger partial charge on any atom is 0.302 e. The van der Waals surface area contributed by atoms with Crippen molar-refractivity contribution in [2.75, 3.05) is 6.61 Å². The molecule has 2 atom stereocenters. The Labute approximate surface area is 201 Å². The smallest absolute Gasteiger partial charge is 0.302 e. The third-order valence-electron chi connectivity index (χ3n) is 2.67. The molecule has 0 aromatic rings. The van der Waals surface area contributed by atoms with E-state index in [0.29, 0.717) is 31.5 Å². The molecule has 5 N–H and O–H groups in total. The minimum Gasteiger partial charge on any atom is -0.550 e. The predicted octanol–water partition coefficient (Wildman–Crippen LogP) is 6.36. The summed E-state index contributed by atoms with van der Waals surface area (Å²) >= 11 is 0. The van der Waals surface area contributed by atoms with Crippen molar-refractivity contribution in [3.63, 3.8) is 0 Å². The van der Waals surface area contributed by atoms with Gasteiger partial charge in [0, 0.05) is 18.9 Å². The lowest BCUT2D eigenvalue weighted by Crippen LogP contribution is -2.58. The van der Waals surface area contributed by atoms with Crippen molar-refractivity contribution < 1.29 is 25.2 Å². The number of carboxylic acids is 1. The molecule has 0 saturated carbocycles. The summed E-state index contributed by atoms with van der Waals surface area (Å²) in [7, 11) is 0. The fourth-order valence-electron chi connectivity index (χ4n) is 0.764. The van der Waals surface area contributed by atoms with Crippen LogP contribution in [-0.4, -0.2) is 30.6 Å². The second kappa shape index (κ2) is 63.0. The molecule has 0 aromatic carbocycles. The fourth-order valence-corrected chi connectivity index (χ4v) is 0.764. The highest BCUT2D eigenvalue weighted by Crippen LogP contribution is 1.99. The van der Waals surface area contributed by atoms with Crippen molar-refractivity contribution in [1.29, 1.82) is 0 Å². The molecule has 2 unspecified atom stereocenters. The van der Waals surface area contributed by atoms with Crippen LogP contribution in [-0.2, 0) is 14.3 Å². The number of aliphatic carboxylic acids is 1. The number of hydrogen-bond acceptors (Lipinski definition) is 5. The summed E-state index contributed by atoms with van der Waals surface area (Å²) in [4.78, 5) is 20.2. The van der Waals surface area contributed by atoms with Gasteiger partial charge in [0.05, 0.1) is 12.6 Å². The summed E-state index contributed by atoms with van der Waals surface area (Å²) in [6.07, 6.45) is 4.41. The van der Waals surface area contributed by atoms with Crippen molar-refractivity contribution >= 4 is 11.9 Å². The standard InChI is InChI=1S/C8H14O4.2C4H11N.9CH4/c1-7(9)12-6-4-2-3-5-8(10)11;2*1-3-4(2)5;;;;;;;;;/h2-6H2,1H3,(H,10,11);2*4H,3,5H2,1-2H3;9*1H4. The molecule has 6 heteroatoms. The van der Waals surface area contributed by atoms with Gasteiger partial charge in [-0.15, -0.1) is 0 Å². The molecule has 206 valence electrons. The predicted molar refractivity (Wildman–Crippen MR) is 147 cm³/mol. The second-order valence-electron chi connectivity index (χ2n) is 5.42. The van der Waals surface area contributed by atoms with Crippen molar-refractivity contribution in [1.82, 2.24) is 0 Å². The lowest BCUT2D eigenvalue weighted by Gasteiger charge is -2.02. The van der Waals surface area contributed by atoms with Crippen LogP contribution in [0.15, 0.2) is 0 Å². The van der Waals surface area contributed by atoms with E-state index in [0.717, 1.165) is 12.8 Å². The first-order valence-electron chi connectivity index (χ1n) is 8.09. The molecule has 0 aromatic heterocycles. The molecule has 0 radical (unpaired) electrons. The normalized spacial score (nSPS) is 8.48. The Kier molecular flexibility index (Phi) is 158. The van der Waals surface area contributed by atoms with Crippen molar-refractivity contribution in [3.05, 3.63) is 0 Å². The quantitative estimate of drug-likeness (QED) is 0.320. The molecular formula is C25H72N2O4. The molecule has 0 fully saturated rings. The first-order valence-corrected chi connectivity index (χ1v) is 8.09. The number of carbonyl (C=O) groups excluding carboxylic acids is 2. The topological polar surface area (TPSA) is 120 Å². The van der Waals surface area contributed by atoms with Crippen LogP contribution in [0.1, 0.15) is 140 Å². The minimum absolute atomic E-state index is 0. The van der Waals surface area contributed by atoms with Crippen LogP contribution in [0.3, 0.4) is 0 Å². The molecule has 0 aliphatic rings. The Hall–Kier alpha value is -1.14. The van der Waals surface area contributed by atoms with Crippen LogP contribution in [0.2, 0.25) is 0 Å². The number of unbranched alkanes of at least 4 members (excludes halogenated alkanes) is 2. The van der Waals surface area contributed by atoms with Gasteiger partial charge >= 0.3 is 5.97 Å². The average molecular weight is 465 g/mol. The minimum atomic E-state index is -1.03. The molecule has 0 aliphatic carbocycles. The Morgan fingerprint density at radius 3 is 1.35 bits per heavy atom. The highest BCUT2D eigenvalue weighted by Gasteiger charge is 1.93. The molecule has 0 aliphatic heterocycles. The number of nitrogens with two attached hydrogens (primary N) is 1. The molecule has 0 heterocycles. The van der Waals surface area contributed by atoms with Crippen molar-refractivity contribution in [2.24, 2.45) is 5.73 Å². The van der Waals surface area contributed by atoms with Gasteiger partial charge < -0.3 is 26.1 Å². The van der Waals surface area contributed by atoms with Crippen LogP contribution in [0.25, 0.3) is 0 Å². The zero-order valence-electron chi connectivity index (χ0n) is 15.0. The number of rotatable bonds is 8. The third-order valence-corrected chi connectivity index (χ3v) is 2.67. The van der Waals surface area contributed by atoms with Crippen molar-refractivity contribution in [3.8, 4) is 0 Å². The molecule has 0 rings (SSSR count). The van der Waals surface area contributed by atoms with E-state index in [9.17, 15) is 14.7 Å². The van der Waals surface area contributed by atoms with E-state index in [2.05, 4.69) is 31.2 Å². The van der Waals surface area contributed by atoms with Crippen molar-refractivity contribution in [2.45, 2.75) is 152 Å². The molecule has 0 amide bonds. The maximum atomic E-state index is 10.3. The Bertz CT molecular complexity index is 234. The van der Waals surface area contributed by atoms with Gasteiger partial charge in [-0.25, -0.2) is 0 Å². The van der Waals surface area contributed by atoms with E-state index in [-0.39, 0.29) is 79.2 Å². The summed E-state index contributed by atoms with van der Waals surface area (Å²) in [6, 6.07) is 1.02. The monoisotopic (exact) mass is 465 g/mol.